The van der Waals surface area contributed by atoms with Gasteiger partial charge in [0.05, 0.1) is 15.6 Å². The van der Waals surface area contributed by atoms with Crippen LogP contribution in [0, 0.1) is 6.92 Å². The minimum atomic E-state index is -3.85. The highest BCUT2D eigenvalue weighted by Crippen LogP contribution is 2.27. The maximum absolute atomic E-state index is 13.0. The number of hydrogen-bond donors (Lipinski definition) is 2. The third kappa shape index (κ3) is 6.74. The third-order valence-electron chi connectivity index (χ3n) is 6.20. The smallest absolute Gasteiger partial charge is 0.261 e. The van der Waals surface area contributed by atoms with Crippen molar-refractivity contribution in [1.29, 1.82) is 0 Å². The minimum absolute atomic E-state index is 0.0156. The summed E-state index contributed by atoms with van der Waals surface area (Å²) in [4.78, 5) is 26.1. The number of nitrogens with one attached hydrogen (secondary N) is 2. The second kappa shape index (κ2) is 11.0. The van der Waals surface area contributed by atoms with Crippen LogP contribution in [-0.4, -0.2) is 20.1 Å². The van der Waals surface area contributed by atoms with Crippen molar-refractivity contribution in [2.75, 3.05) is 10.0 Å². The fourth-order valence-corrected chi connectivity index (χ4v) is 5.25. The maximum atomic E-state index is 13.0. The highest BCUT2D eigenvalue weighted by Gasteiger charge is 2.18. The topological polar surface area (TPSA) is 92.3 Å². The molecule has 4 rings (SSSR count). The van der Waals surface area contributed by atoms with E-state index in [1.54, 1.807) is 36.4 Å². The lowest BCUT2D eigenvalue weighted by Crippen LogP contribution is -2.15. The van der Waals surface area contributed by atoms with Gasteiger partial charge in [-0.3, -0.25) is 14.3 Å². The van der Waals surface area contributed by atoms with Crippen molar-refractivity contribution >= 4 is 44.7 Å². The van der Waals surface area contributed by atoms with Gasteiger partial charge in [0.2, 0.25) is 0 Å². The van der Waals surface area contributed by atoms with Crippen molar-refractivity contribution in [2.45, 2.75) is 38.0 Å². The summed E-state index contributed by atoms with van der Waals surface area (Å²) in [5.41, 5.74) is 3.87. The van der Waals surface area contributed by atoms with Gasteiger partial charge >= 0.3 is 0 Å². The number of carbonyl (C=O) groups excluding carboxylic acids is 2. The SMILES string of the molecule is Cc1ccc(S(=O)(=O)Nc2ccc(C(=O)Nc3cccc(C(=O)c4ccc(C(C)(C)C)cc4)c3)cc2Cl)cc1. The first-order valence-corrected chi connectivity index (χ1v) is 14.2. The molecule has 39 heavy (non-hydrogen) atoms. The molecule has 6 nitrogen and oxygen atoms in total. The van der Waals surface area contributed by atoms with Gasteiger partial charge in [-0.2, -0.15) is 0 Å². The van der Waals surface area contributed by atoms with Crippen LogP contribution in [0.2, 0.25) is 5.02 Å². The van der Waals surface area contributed by atoms with Gasteiger partial charge in [0.15, 0.2) is 5.78 Å². The van der Waals surface area contributed by atoms with Crippen molar-refractivity contribution in [3.05, 3.63) is 124 Å². The van der Waals surface area contributed by atoms with Crippen LogP contribution in [0.5, 0.6) is 0 Å². The molecule has 0 atom stereocenters. The van der Waals surface area contributed by atoms with Crippen molar-refractivity contribution in [3.8, 4) is 0 Å². The van der Waals surface area contributed by atoms with Crippen LogP contribution >= 0.6 is 11.6 Å². The number of halogens is 1. The molecule has 0 aliphatic rings. The third-order valence-corrected chi connectivity index (χ3v) is 7.90. The number of carbonyl (C=O) groups is 2. The minimum Gasteiger partial charge on any atom is -0.322 e. The first-order chi connectivity index (χ1) is 18.3. The molecule has 0 fully saturated rings. The summed E-state index contributed by atoms with van der Waals surface area (Å²) in [7, 11) is -3.85. The van der Waals surface area contributed by atoms with Crippen molar-refractivity contribution < 1.29 is 18.0 Å². The van der Waals surface area contributed by atoms with Gasteiger partial charge in [-0.15, -0.1) is 0 Å². The molecule has 0 heterocycles. The normalized spacial score (nSPS) is 11.6. The summed E-state index contributed by atoms with van der Waals surface area (Å²) in [5.74, 6) is -0.608. The Hall–Kier alpha value is -3.94. The first kappa shape index (κ1) is 28.1. The van der Waals surface area contributed by atoms with Crippen LogP contribution < -0.4 is 10.0 Å². The molecule has 1 amide bonds. The highest BCUT2D eigenvalue weighted by atomic mass is 35.5. The van der Waals surface area contributed by atoms with Crippen LogP contribution in [0.15, 0.2) is 95.9 Å². The number of benzene rings is 4. The summed E-state index contributed by atoms with van der Waals surface area (Å²) >= 11 is 6.32. The van der Waals surface area contributed by atoms with E-state index in [2.05, 4.69) is 30.8 Å². The summed E-state index contributed by atoms with van der Waals surface area (Å²) in [6.45, 7) is 8.20. The maximum Gasteiger partial charge on any atom is 0.261 e. The Morgan fingerprint density at radius 2 is 1.41 bits per heavy atom. The molecule has 0 radical (unpaired) electrons. The van der Waals surface area contributed by atoms with E-state index in [-0.39, 0.29) is 32.4 Å². The van der Waals surface area contributed by atoms with E-state index in [1.807, 2.05) is 31.2 Å². The molecule has 4 aromatic rings. The fraction of sp³-hybridized carbons (Fsp3) is 0.161. The van der Waals surface area contributed by atoms with Crippen molar-refractivity contribution in [2.24, 2.45) is 0 Å². The predicted octanol–water partition coefficient (Wildman–Crippen LogP) is 7.23. The zero-order valence-corrected chi connectivity index (χ0v) is 23.7. The molecule has 0 aromatic heterocycles. The summed E-state index contributed by atoms with van der Waals surface area (Å²) in [5, 5.41) is 2.84. The Bertz CT molecular complexity index is 1640. The predicted molar refractivity (Wildman–Crippen MR) is 156 cm³/mol. The van der Waals surface area contributed by atoms with E-state index in [0.29, 0.717) is 16.8 Å². The van der Waals surface area contributed by atoms with Gasteiger partial charge in [-0.05, 0) is 60.4 Å². The lowest BCUT2D eigenvalue weighted by atomic mass is 9.86. The number of ketones is 1. The fourth-order valence-electron chi connectivity index (χ4n) is 3.89. The quantitative estimate of drug-likeness (QED) is 0.233. The molecule has 4 aromatic carbocycles. The molecule has 0 saturated carbocycles. The van der Waals surface area contributed by atoms with Crippen molar-refractivity contribution in [3.63, 3.8) is 0 Å². The van der Waals surface area contributed by atoms with Crippen LogP contribution in [-0.2, 0) is 15.4 Å². The molecular formula is C31H29ClN2O4S. The number of amides is 1. The summed E-state index contributed by atoms with van der Waals surface area (Å²) < 4.78 is 27.9. The van der Waals surface area contributed by atoms with E-state index in [1.165, 1.54) is 30.3 Å². The lowest BCUT2D eigenvalue weighted by Gasteiger charge is -2.19. The summed E-state index contributed by atoms with van der Waals surface area (Å²) in [6.07, 6.45) is 0. The molecule has 0 spiro atoms. The molecule has 200 valence electrons. The Balaban J connectivity index is 1.47. The van der Waals surface area contributed by atoms with Gasteiger partial charge in [0, 0.05) is 22.4 Å². The van der Waals surface area contributed by atoms with E-state index in [9.17, 15) is 18.0 Å². The molecule has 0 aliphatic heterocycles. The van der Waals surface area contributed by atoms with Crippen LogP contribution in [0.1, 0.15) is 58.2 Å². The molecule has 2 N–H and O–H groups in total. The Morgan fingerprint density at radius 1 is 0.769 bits per heavy atom. The van der Waals surface area contributed by atoms with Crippen LogP contribution in [0.3, 0.4) is 0 Å². The first-order valence-electron chi connectivity index (χ1n) is 12.3. The molecular weight excluding hydrogens is 532 g/mol. The van der Waals surface area contributed by atoms with E-state index < -0.39 is 15.9 Å². The average molecular weight is 561 g/mol. The lowest BCUT2D eigenvalue weighted by molar-refractivity contribution is 0.102. The molecule has 0 unspecified atom stereocenters. The van der Waals surface area contributed by atoms with E-state index in [0.717, 1.165) is 11.1 Å². The number of rotatable bonds is 7. The highest BCUT2D eigenvalue weighted by molar-refractivity contribution is 7.92. The number of aryl methyl sites for hydroxylation is 1. The molecule has 0 aliphatic carbocycles. The van der Waals surface area contributed by atoms with Crippen molar-refractivity contribution in [1.82, 2.24) is 0 Å². The van der Waals surface area contributed by atoms with Gasteiger partial charge in [-0.25, -0.2) is 8.42 Å². The van der Waals surface area contributed by atoms with Crippen LogP contribution in [0.4, 0.5) is 11.4 Å². The number of hydrogen-bond acceptors (Lipinski definition) is 4. The Labute approximate surface area is 234 Å². The van der Waals surface area contributed by atoms with Crippen LogP contribution in [0.25, 0.3) is 0 Å². The van der Waals surface area contributed by atoms with E-state index in [4.69, 9.17) is 11.6 Å². The second-order valence-corrected chi connectivity index (χ2v) is 12.4. The largest absolute Gasteiger partial charge is 0.322 e. The molecule has 0 saturated heterocycles. The van der Waals surface area contributed by atoms with Gasteiger partial charge in [0.25, 0.3) is 15.9 Å². The zero-order valence-electron chi connectivity index (χ0n) is 22.1. The monoisotopic (exact) mass is 560 g/mol. The standard InChI is InChI=1S/C31H29ClN2O4S/c1-20-8-15-26(16-9-20)39(37,38)34-28-17-12-23(19-27(28)32)30(36)33-25-7-5-6-22(18-25)29(35)21-10-13-24(14-11-21)31(2,3)4/h5-19,34H,1-4H3,(H,33,36). The zero-order chi connectivity index (χ0) is 28.4. The van der Waals surface area contributed by atoms with Gasteiger partial charge < -0.3 is 5.32 Å². The number of sulfonamides is 1. The molecule has 0 bridgehead atoms. The Morgan fingerprint density at radius 3 is 2.03 bits per heavy atom. The van der Waals surface area contributed by atoms with Gasteiger partial charge in [-0.1, -0.05) is 86.5 Å². The Kier molecular flexibility index (Phi) is 7.95. The summed E-state index contributed by atoms with van der Waals surface area (Å²) in [6, 6.07) is 24.9. The average Bonchev–Trinajstić information content (AvgIpc) is 2.89. The number of anilines is 2. The second-order valence-electron chi connectivity index (χ2n) is 10.3. The van der Waals surface area contributed by atoms with E-state index >= 15 is 0 Å². The molecule has 8 heteroatoms. The van der Waals surface area contributed by atoms with Gasteiger partial charge in [0.1, 0.15) is 0 Å².